The molecule has 0 bridgehead atoms. The highest BCUT2D eigenvalue weighted by Gasteiger charge is 2.39. The summed E-state index contributed by atoms with van der Waals surface area (Å²) in [5.41, 5.74) is 4.09. The summed E-state index contributed by atoms with van der Waals surface area (Å²) in [6.07, 6.45) is 3.43. The van der Waals surface area contributed by atoms with Gasteiger partial charge in [-0.2, -0.15) is 0 Å². The molecule has 2 aliphatic heterocycles. The molecule has 0 spiro atoms. The first-order valence-corrected chi connectivity index (χ1v) is 11.2. The number of piperidine rings is 1. The molecule has 2 aromatic rings. The molecule has 2 aliphatic rings. The molecule has 3 heterocycles. The number of pyridine rings is 1. The number of nitrogens with zero attached hydrogens (tertiary/aromatic N) is 3. The average molecular weight is 435 g/mol. The van der Waals surface area contributed by atoms with Crippen LogP contribution in [-0.2, 0) is 14.4 Å². The van der Waals surface area contributed by atoms with E-state index in [9.17, 15) is 14.4 Å². The quantitative estimate of drug-likeness (QED) is 0.801. The lowest BCUT2D eigenvalue weighted by Gasteiger charge is -2.33. The molecule has 2 atom stereocenters. The lowest BCUT2D eigenvalue weighted by molar-refractivity contribution is -0.138. The third kappa shape index (κ3) is 4.52. The van der Waals surface area contributed by atoms with Crippen molar-refractivity contribution in [3.63, 3.8) is 0 Å². The molecule has 168 valence electrons. The molecule has 1 aromatic carbocycles. The first kappa shape index (κ1) is 22.0. The van der Waals surface area contributed by atoms with Gasteiger partial charge in [0.05, 0.1) is 11.8 Å². The zero-order chi connectivity index (χ0) is 22.8. The van der Waals surface area contributed by atoms with Gasteiger partial charge in [-0.3, -0.25) is 14.4 Å². The molecule has 7 nitrogen and oxygen atoms in total. The zero-order valence-electron chi connectivity index (χ0n) is 18.9. The zero-order valence-corrected chi connectivity index (χ0v) is 18.9. The molecule has 1 N–H and O–H groups in total. The highest BCUT2D eigenvalue weighted by molar-refractivity contribution is 6.01. The van der Waals surface area contributed by atoms with Crippen molar-refractivity contribution in [3.05, 3.63) is 53.2 Å². The van der Waals surface area contributed by atoms with Crippen molar-refractivity contribution in [1.82, 2.24) is 9.88 Å². The third-order valence-corrected chi connectivity index (χ3v) is 6.61. The van der Waals surface area contributed by atoms with E-state index in [0.29, 0.717) is 25.5 Å². The summed E-state index contributed by atoms with van der Waals surface area (Å²) in [5, 5.41) is 2.86. The van der Waals surface area contributed by atoms with Gasteiger partial charge >= 0.3 is 0 Å². The largest absolute Gasteiger partial charge is 0.342 e. The summed E-state index contributed by atoms with van der Waals surface area (Å²) in [7, 11) is 0. The maximum absolute atomic E-state index is 13.2. The number of anilines is 2. The van der Waals surface area contributed by atoms with Crippen LogP contribution in [0, 0.1) is 32.6 Å². The first-order chi connectivity index (χ1) is 15.3. The van der Waals surface area contributed by atoms with Crippen molar-refractivity contribution in [2.75, 3.05) is 29.9 Å². The van der Waals surface area contributed by atoms with Gasteiger partial charge in [0.2, 0.25) is 17.7 Å². The SMILES string of the molecule is Cc1ccc(NC(=O)C2CCCN(C(=O)C3CC(=O)N(c4cccc(C)c4C)C3)C2)nc1. The Morgan fingerprint density at radius 1 is 1.06 bits per heavy atom. The summed E-state index contributed by atoms with van der Waals surface area (Å²) in [6, 6.07) is 9.58. The van der Waals surface area contributed by atoms with Crippen LogP contribution in [0.1, 0.15) is 36.0 Å². The molecule has 4 rings (SSSR count). The van der Waals surface area contributed by atoms with E-state index in [1.165, 1.54) is 0 Å². The number of amides is 3. The second-order valence-electron chi connectivity index (χ2n) is 8.96. The lowest BCUT2D eigenvalue weighted by Crippen LogP contribution is -2.46. The number of rotatable bonds is 4. The number of likely N-dealkylation sites (tertiary alicyclic amines) is 1. The Kier molecular flexibility index (Phi) is 6.26. The van der Waals surface area contributed by atoms with Gasteiger partial charge in [-0.25, -0.2) is 4.98 Å². The van der Waals surface area contributed by atoms with Crippen LogP contribution in [0.5, 0.6) is 0 Å². The Morgan fingerprint density at radius 2 is 1.88 bits per heavy atom. The van der Waals surface area contributed by atoms with Crippen LogP contribution in [0.3, 0.4) is 0 Å². The molecule has 2 saturated heterocycles. The minimum atomic E-state index is -0.372. The van der Waals surface area contributed by atoms with E-state index in [-0.39, 0.29) is 36.0 Å². The standard InChI is InChI=1S/C25H30N4O3/c1-16-9-10-22(26-13-16)27-24(31)19-7-5-11-28(14-19)25(32)20-12-23(30)29(15-20)21-8-4-6-17(2)18(21)3/h4,6,8-10,13,19-20H,5,7,11-12,14-15H2,1-3H3,(H,26,27,31). The molecule has 1 aromatic heterocycles. The Balaban J connectivity index is 1.40. The fraction of sp³-hybridized carbons (Fsp3) is 0.440. The number of hydrogen-bond acceptors (Lipinski definition) is 4. The van der Waals surface area contributed by atoms with Crippen molar-refractivity contribution < 1.29 is 14.4 Å². The first-order valence-electron chi connectivity index (χ1n) is 11.2. The highest BCUT2D eigenvalue weighted by Crippen LogP contribution is 2.31. The van der Waals surface area contributed by atoms with Crippen molar-refractivity contribution in [3.8, 4) is 0 Å². The molecular weight excluding hydrogens is 404 g/mol. The average Bonchev–Trinajstić information content (AvgIpc) is 3.18. The topological polar surface area (TPSA) is 82.6 Å². The number of hydrogen-bond donors (Lipinski definition) is 1. The van der Waals surface area contributed by atoms with Gasteiger partial charge in [-0.15, -0.1) is 0 Å². The maximum Gasteiger partial charge on any atom is 0.230 e. The summed E-state index contributed by atoms with van der Waals surface area (Å²) in [4.78, 5) is 46.4. The van der Waals surface area contributed by atoms with E-state index in [0.717, 1.165) is 35.2 Å². The predicted molar refractivity (Wildman–Crippen MR) is 123 cm³/mol. The Hall–Kier alpha value is -3.22. The molecule has 3 amide bonds. The van der Waals surface area contributed by atoms with Crippen LogP contribution < -0.4 is 10.2 Å². The number of benzene rings is 1. The molecule has 7 heteroatoms. The fourth-order valence-electron chi connectivity index (χ4n) is 4.55. The third-order valence-electron chi connectivity index (χ3n) is 6.61. The predicted octanol–water partition coefficient (Wildman–Crippen LogP) is 3.24. The summed E-state index contributed by atoms with van der Waals surface area (Å²) < 4.78 is 0. The highest BCUT2D eigenvalue weighted by atomic mass is 16.2. The Labute approximate surface area is 188 Å². The van der Waals surface area contributed by atoms with Crippen molar-refractivity contribution >= 4 is 29.2 Å². The number of aryl methyl sites for hydroxylation is 2. The monoisotopic (exact) mass is 434 g/mol. The molecule has 0 radical (unpaired) electrons. The second-order valence-corrected chi connectivity index (χ2v) is 8.96. The molecule has 32 heavy (non-hydrogen) atoms. The van der Waals surface area contributed by atoms with Gasteiger partial charge in [-0.1, -0.05) is 18.2 Å². The van der Waals surface area contributed by atoms with Gasteiger partial charge in [0, 0.05) is 37.9 Å². The lowest BCUT2D eigenvalue weighted by atomic mass is 9.95. The van der Waals surface area contributed by atoms with Crippen LogP contribution in [0.15, 0.2) is 36.5 Å². The van der Waals surface area contributed by atoms with Crippen molar-refractivity contribution in [2.24, 2.45) is 11.8 Å². The fourth-order valence-corrected chi connectivity index (χ4v) is 4.55. The van der Waals surface area contributed by atoms with E-state index in [4.69, 9.17) is 0 Å². The van der Waals surface area contributed by atoms with E-state index in [1.807, 2.05) is 45.0 Å². The van der Waals surface area contributed by atoms with Crippen molar-refractivity contribution in [1.29, 1.82) is 0 Å². The smallest absolute Gasteiger partial charge is 0.230 e. The van der Waals surface area contributed by atoms with Crippen LogP contribution in [0.2, 0.25) is 0 Å². The van der Waals surface area contributed by atoms with E-state index in [1.54, 1.807) is 22.1 Å². The van der Waals surface area contributed by atoms with Gasteiger partial charge in [0.25, 0.3) is 0 Å². The summed E-state index contributed by atoms with van der Waals surface area (Å²) >= 11 is 0. The molecular formula is C25H30N4O3. The van der Waals surface area contributed by atoms with Gasteiger partial charge in [0.15, 0.2) is 0 Å². The maximum atomic E-state index is 13.2. The molecule has 2 unspecified atom stereocenters. The number of carbonyl (C=O) groups is 3. The van der Waals surface area contributed by atoms with E-state index < -0.39 is 0 Å². The minimum absolute atomic E-state index is 0.0196. The van der Waals surface area contributed by atoms with Gasteiger partial charge < -0.3 is 15.1 Å². The van der Waals surface area contributed by atoms with Gasteiger partial charge in [-0.05, 0) is 62.4 Å². The molecule has 0 saturated carbocycles. The van der Waals surface area contributed by atoms with E-state index >= 15 is 0 Å². The minimum Gasteiger partial charge on any atom is -0.342 e. The Morgan fingerprint density at radius 3 is 2.62 bits per heavy atom. The van der Waals surface area contributed by atoms with Crippen LogP contribution >= 0.6 is 0 Å². The normalized spacial score (nSPS) is 21.0. The van der Waals surface area contributed by atoms with Gasteiger partial charge in [0.1, 0.15) is 5.82 Å². The number of carbonyl (C=O) groups excluding carboxylic acids is 3. The van der Waals surface area contributed by atoms with Crippen molar-refractivity contribution in [2.45, 2.75) is 40.0 Å². The van der Waals surface area contributed by atoms with Crippen LogP contribution in [-0.4, -0.2) is 47.2 Å². The molecule has 0 aliphatic carbocycles. The van der Waals surface area contributed by atoms with Crippen LogP contribution in [0.4, 0.5) is 11.5 Å². The number of aromatic nitrogens is 1. The summed E-state index contributed by atoms with van der Waals surface area (Å²) in [5.74, 6) is -0.287. The van der Waals surface area contributed by atoms with Crippen LogP contribution in [0.25, 0.3) is 0 Å². The number of nitrogens with one attached hydrogen (secondary N) is 1. The Bertz CT molecular complexity index is 1030. The van der Waals surface area contributed by atoms with E-state index in [2.05, 4.69) is 10.3 Å². The molecule has 2 fully saturated rings. The second kappa shape index (κ2) is 9.10. The summed E-state index contributed by atoms with van der Waals surface area (Å²) in [6.45, 7) is 7.36.